The molecular weight excluding hydrogens is 238 g/mol. The Morgan fingerprint density at radius 3 is 1.68 bits per heavy atom. The molecule has 0 heterocycles. The highest BCUT2D eigenvalue weighted by atomic mass is 16.1. The number of rotatable bonds is 7. The standard InChI is InChI=1S/C16H31NO2/c1-15(2,3)13(18)11-9-7-8-10-12-14(19)17-16(4,5)6/h7-12H2,1-6H3,(H,17,19). The summed E-state index contributed by atoms with van der Waals surface area (Å²) >= 11 is 0. The van der Waals surface area contributed by atoms with Gasteiger partial charge in [-0.15, -0.1) is 0 Å². The molecule has 0 aromatic carbocycles. The van der Waals surface area contributed by atoms with Gasteiger partial charge in [-0.1, -0.05) is 33.6 Å². The van der Waals surface area contributed by atoms with E-state index in [1.54, 1.807) is 0 Å². The number of amides is 1. The van der Waals surface area contributed by atoms with Gasteiger partial charge in [0.15, 0.2) is 0 Å². The van der Waals surface area contributed by atoms with Crippen molar-refractivity contribution in [1.82, 2.24) is 5.32 Å². The van der Waals surface area contributed by atoms with Crippen molar-refractivity contribution in [3.63, 3.8) is 0 Å². The molecule has 0 radical (unpaired) electrons. The van der Waals surface area contributed by atoms with E-state index < -0.39 is 0 Å². The number of carbonyl (C=O) groups is 2. The maximum atomic E-state index is 11.7. The molecule has 0 aromatic rings. The third-order valence-corrected chi connectivity index (χ3v) is 2.91. The molecule has 0 spiro atoms. The van der Waals surface area contributed by atoms with Crippen molar-refractivity contribution in [2.75, 3.05) is 0 Å². The molecule has 0 bridgehead atoms. The Morgan fingerprint density at radius 2 is 1.26 bits per heavy atom. The summed E-state index contributed by atoms with van der Waals surface area (Å²) in [6.45, 7) is 11.9. The van der Waals surface area contributed by atoms with Crippen LogP contribution in [0.2, 0.25) is 0 Å². The number of Topliss-reactive ketones (excluding diaryl/α,β-unsaturated/α-hetero) is 1. The van der Waals surface area contributed by atoms with Gasteiger partial charge in [0.1, 0.15) is 5.78 Å². The number of hydrogen-bond acceptors (Lipinski definition) is 2. The van der Waals surface area contributed by atoms with Gasteiger partial charge in [-0.2, -0.15) is 0 Å². The zero-order valence-corrected chi connectivity index (χ0v) is 13.6. The first kappa shape index (κ1) is 18.1. The first-order valence-corrected chi connectivity index (χ1v) is 7.37. The third kappa shape index (κ3) is 10.7. The summed E-state index contributed by atoms with van der Waals surface area (Å²) in [6.07, 6.45) is 5.16. The van der Waals surface area contributed by atoms with E-state index in [4.69, 9.17) is 0 Å². The summed E-state index contributed by atoms with van der Waals surface area (Å²) in [5.41, 5.74) is -0.358. The second-order valence-electron chi connectivity index (χ2n) is 7.39. The molecule has 0 fully saturated rings. The molecule has 0 aliphatic heterocycles. The molecule has 0 unspecified atom stereocenters. The van der Waals surface area contributed by atoms with E-state index in [2.05, 4.69) is 5.32 Å². The maximum absolute atomic E-state index is 11.7. The summed E-state index contributed by atoms with van der Waals surface area (Å²) in [4.78, 5) is 23.3. The van der Waals surface area contributed by atoms with E-state index in [1.165, 1.54) is 0 Å². The van der Waals surface area contributed by atoms with Crippen LogP contribution in [0.5, 0.6) is 0 Å². The Bertz CT molecular complexity index is 295. The van der Waals surface area contributed by atoms with Crippen LogP contribution in [0, 0.1) is 5.41 Å². The van der Waals surface area contributed by atoms with Crippen molar-refractivity contribution >= 4 is 11.7 Å². The zero-order chi connectivity index (χ0) is 15.1. The van der Waals surface area contributed by atoms with Gasteiger partial charge in [0.2, 0.25) is 5.91 Å². The van der Waals surface area contributed by atoms with Crippen molar-refractivity contribution in [2.24, 2.45) is 5.41 Å². The molecule has 0 saturated heterocycles. The molecule has 0 aliphatic carbocycles. The highest BCUT2D eigenvalue weighted by Crippen LogP contribution is 2.19. The molecule has 3 heteroatoms. The normalized spacial score (nSPS) is 12.3. The number of hydrogen-bond donors (Lipinski definition) is 1. The van der Waals surface area contributed by atoms with Gasteiger partial charge < -0.3 is 5.32 Å². The number of nitrogens with one attached hydrogen (secondary N) is 1. The molecule has 0 rings (SSSR count). The topological polar surface area (TPSA) is 46.2 Å². The van der Waals surface area contributed by atoms with E-state index >= 15 is 0 Å². The minimum absolute atomic E-state index is 0.123. The minimum Gasteiger partial charge on any atom is -0.352 e. The van der Waals surface area contributed by atoms with Gasteiger partial charge in [0, 0.05) is 23.8 Å². The van der Waals surface area contributed by atoms with Crippen molar-refractivity contribution in [1.29, 1.82) is 0 Å². The first-order chi connectivity index (χ1) is 8.52. The molecule has 112 valence electrons. The Kier molecular flexibility index (Phi) is 7.32. The van der Waals surface area contributed by atoms with Crippen LogP contribution in [0.15, 0.2) is 0 Å². The minimum atomic E-state index is -0.216. The first-order valence-electron chi connectivity index (χ1n) is 7.37. The van der Waals surface area contributed by atoms with Crippen LogP contribution in [0.4, 0.5) is 0 Å². The number of carbonyl (C=O) groups excluding carboxylic acids is 2. The van der Waals surface area contributed by atoms with Crippen LogP contribution >= 0.6 is 0 Å². The molecule has 0 atom stereocenters. The zero-order valence-electron chi connectivity index (χ0n) is 13.6. The maximum Gasteiger partial charge on any atom is 0.220 e. The highest BCUT2D eigenvalue weighted by molar-refractivity contribution is 5.83. The van der Waals surface area contributed by atoms with Gasteiger partial charge >= 0.3 is 0 Å². The van der Waals surface area contributed by atoms with Gasteiger partial charge in [-0.05, 0) is 33.6 Å². The summed E-state index contributed by atoms with van der Waals surface area (Å²) in [7, 11) is 0. The van der Waals surface area contributed by atoms with E-state index in [1.807, 2.05) is 41.5 Å². The lowest BCUT2D eigenvalue weighted by molar-refractivity contribution is -0.126. The fraction of sp³-hybridized carbons (Fsp3) is 0.875. The smallest absolute Gasteiger partial charge is 0.220 e. The average molecular weight is 269 g/mol. The van der Waals surface area contributed by atoms with Crippen molar-refractivity contribution in [3.8, 4) is 0 Å². The fourth-order valence-electron chi connectivity index (χ4n) is 1.78. The van der Waals surface area contributed by atoms with Gasteiger partial charge in [-0.3, -0.25) is 9.59 Å². The Morgan fingerprint density at radius 1 is 0.789 bits per heavy atom. The molecule has 3 nitrogen and oxygen atoms in total. The van der Waals surface area contributed by atoms with E-state index in [-0.39, 0.29) is 16.9 Å². The Hall–Kier alpha value is -0.860. The Balaban J connectivity index is 3.57. The van der Waals surface area contributed by atoms with Gasteiger partial charge in [0.05, 0.1) is 0 Å². The predicted molar refractivity (Wildman–Crippen MR) is 80.1 cm³/mol. The molecular formula is C16H31NO2. The van der Waals surface area contributed by atoms with E-state index in [0.29, 0.717) is 18.6 Å². The van der Waals surface area contributed by atoms with Gasteiger partial charge in [0.25, 0.3) is 0 Å². The average Bonchev–Trinajstić information content (AvgIpc) is 2.18. The largest absolute Gasteiger partial charge is 0.352 e. The van der Waals surface area contributed by atoms with Crippen molar-refractivity contribution < 1.29 is 9.59 Å². The van der Waals surface area contributed by atoms with Crippen LogP contribution < -0.4 is 5.32 Å². The molecule has 0 aromatic heterocycles. The molecule has 19 heavy (non-hydrogen) atoms. The van der Waals surface area contributed by atoms with Crippen LogP contribution in [-0.4, -0.2) is 17.2 Å². The second-order valence-corrected chi connectivity index (χ2v) is 7.39. The lowest BCUT2D eigenvalue weighted by Gasteiger charge is -2.20. The molecule has 1 amide bonds. The third-order valence-electron chi connectivity index (χ3n) is 2.91. The SMILES string of the molecule is CC(C)(C)NC(=O)CCCCCCC(=O)C(C)(C)C. The van der Waals surface area contributed by atoms with Crippen LogP contribution in [-0.2, 0) is 9.59 Å². The Labute approximate surface area is 118 Å². The summed E-state index contributed by atoms with van der Waals surface area (Å²) in [5.74, 6) is 0.455. The highest BCUT2D eigenvalue weighted by Gasteiger charge is 2.19. The number of unbranched alkanes of at least 4 members (excludes halogenated alkanes) is 3. The second kappa shape index (κ2) is 7.66. The molecule has 0 aliphatic rings. The van der Waals surface area contributed by atoms with Crippen molar-refractivity contribution in [3.05, 3.63) is 0 Å². The summed E-state index contributed by atoms with van der Waals surface area (Å²) < 4.78 is 0. The van der Waals surface area contributed by atoms with Crippen molar-refractivity contribution in [2.45, 2.75) is 85.6 Å². The van der Waals surface area contributed by atoms with E-state index in [9.17, 15) is 9.59 Å². The predicted octanol–water partition coefficient (Wildman–Crippen LogP) is 3.86. The summed E-state index contributed by atoms with van der Waals surface area (Å²) in [6, 6.07) is 0. The molecule has 1 N–H and O–H groups in total. The monoisotopic (exact) mass is 269 g/mol. The fourth-order valence-corrected chi connectivity index (χ4v) is 1.78. The van der Waals surface area contributed by atoms with Crippen LogP contribution in [0.25, 0.3) is 0 Å². The quantitative estimate of drug-likeness (QED) is 0.713. The molecule has 0 saturated carbocycles. The van der Waals surface area contributed by atoms with Gasteiger partial charge in [-0.25, -0.2) is 0 Å². The lowest BCUT2D eigenvalue weighted by Crippen LogP contribution is -2.40. The lowest BCUT2D eigenvalue weighted by atomic mass is 9.88. The van der Waals surface area contributed by atoms with E-state index in [0.717, 1.165) is 25.7 Å². The van der Waals surface area contributed by atoms with Crippen LogP contribution in [0.3, 0.4) is 0 Å². The summed E-state index contributed by atoms with van der Waals surface area (Å²) in [5, 5.41) is 2.96. The van der Waals surface area contributed by atoms with Crippen LogP contribution in [0.1, 0.15) is 80.1 Å². The number of ketones is 1.